The summed E-state index contributed by atoms with van der Waals surface area (Å²) in [4.78, 5) is 29.4. The van der Waals surface area contributed by atoms with E-state index in [1.807, 2.05) is 22.9 Å². The molecule has 0 aliphatic carbocycles. The zero-order valence-electron chi connectivity index (χ0n) is 24.6. The summed E-state index contributed by atoms with van der Waals surface area (Å²) in [6, 6.07) is 20.4. The van der Waals surface area contributed by atoms with Crippen molar-refractivity contribution in [1.29, 1.82) is 0 Å². The van der Waals surface area contributed by atoms with Crippen molar-refractivity contribution in [2.24, 2.45) is 0 Å². The Labute approximate surface area is 274 Å². The Kier molecular flexibility index (Phi) is 10.3. The van der Waals surface area contributed by atoms with Gasteiger partial charge in [-0.1, -0.05) is 48.7 Å². The number of amides is 1. The predicted octanol–water partition coefficient (Wildman–Crippen LogP) is 9.14. The number of carboxylic acids is 1. The number of carboxylic acid groups (broad SMARTS) is 1. The number of hydrogen-bond donors (Lipinski definition) is 2. The van der Waals surface area contributed by atoms with Gasteiger partial charge in [0.2, 0.25) is 0 Å². The van der Waals surface area contributed by atoms with Crippen molar-refractivity contribution >= 4 is 35.1 Å². The number of hydrogen-bond acceptors (Lipinski definition) is 4. The Hall–Kier alpha value is -4.73. The number of nitrogens with one attached hydrogen (secondary N) is 1. The smallest absolute Gasteiger partial charge is 0.335 e. The van der Waals surface area contributed by atoms with E-state index in [0.29, 0.717) is 51.2 Å². The van der Waals surface area contributed by atoms with Crippen LogP contribution in [0.4, 0.5) is 8.78 Å². The second-order valence-corrected chi connectivity index (χ2v) is 11.4. The minimum atomic E-state index is -1.03. The highest BCUT2D eigenvalue weighted by Gasteiger charge is 2.25. The molecule has 0 aliphatic rings. The molecule has 236 valence electrons. The summed E-state index contributed by atoms with van der Waals surface area (Å²) in [6.45, 7) is 2.67. The van der Waals surface area contributed by atoms with E-state index in [4.69, 9.17) is 38.0 Å². The van der Waals surface area contributed by atoms with Gasteiger partial charge in [-0.15, -0.1) is 0 Å². The molecule has 0 bridgehead atoms. The second kappa shape index (κ2) is 14.6. The summed E-state index contributed by atoms with van der Waals surface area (Å²) < 4.78 is 36.0. The summed E-state index contributed by atoms with van der Waals surface area (Å²) in [5.74, 6) is -1.99. The average molecular weight is 665 g/mol. The normalized spacial score (nSPS) is 11.7. The Bertz CT molecular complexity index is 1860. The largest absolute Gasteiger partial charge is 0.478 e. The quantitative estimate of drug-likeness (QED) is 0.139. The van der Waals surface area contributed by atoms with Crippen LogP contribution in [0.2, 0.25) is 10.0 Å². The fraction of sp³-hybridized carbons (Fsp3) is 0.171. The molecule has 0 saturated heterocycles. The number of imidazole rings is 1. The van der Waals surface area contributed by atoms with Crippen LogP contribution in [0.1, 0.15) is 57.9 Å². The summed E-state index contributed by atoms with van der Waals surface area (Å²) in [6.07, 6.45) is 3.89. The summed E-state index contributed by atoms with van der Waals surface area (Å²) in [7, 11) is 0. The van der Waals surface area contributed by atoms with Crippen molar-refractivity contribution in [3.8, 4) is 22.8 Å². The first-order valence-corrected chi connectivity index (χ1v) is 15.3. The van der Waals surface area contributed by atoms with Crippen LogP contribution in [-0.4, -0.2) is 26.5 Å². The molecular formula is C35H29Cl2F2N3O4. The van der Waals surface area contributed by atoms with Gasteiger partial charge in [-0.2, -0.15) is 0 Å². The van der Waals surface area contributed by atoms with Gasteiger partial charge in [-0.3, -0.25) is 4.79 Å². The summed E-state index contributed by atoms with van der Waals surface area (Å²) in [5.41, 5.74) is 1.91. The molecular weight excluding hydrogens is 635 g/mol. The third kappa shape index (κ3) is 7.91. The third-order valence-corrected chi connectivity index (χ3v) is 7.81. The number of carbonyl (C=O) groups is 2. The number of rotatable bonds is 12. The molecule has 11 heteroatoms. The van der Waals surface area contributed by atoms with Crippen molar-refractivity contribution in [2.45, 2.75) is 38.8 Å². The van der Waals surface area contributed by atoms with E-state index in [1.165, 1.54) is 12.1 Å². The number of aryl methyl sites for hydroxylation is 1. The van der Waals surface area contributed by atoms with Crippen LogP contribution in [0.15, 0.2) is 91.1 Å². The van der Waals surface area contributed by atoms with Crippen molar-refractivity contribution < 1.29 is 28.2 Å². The van der Waals surface area contributed by atoms with Crippen LogP contribution >= 0.6 is 23.2 Å². The highest BCUT2D eigenvalue weighted by molar-refractivity contribution is 6.36. The molecule has 4 aromatic carbocycles. The Morgan fingerprint density at radius 3 is 2.28 bits per heavy atom. The minimum Gasteiger partial charge on any atom is -0.478 e. The Morgan fingerprint density at radius 2 is 1.65 bits per heavy atom. The van der Waals surface area contributed by atoms with Gasteiger partial charge in [-0.25, -0.2) is 18.6 Å². The second-order valence-electron chi connectivity index (χ2n) is 10.6. The SMILES string of the molecule is CCCCn1cc(-c2ccc(Cl)cc2Cl)nc1[C@H](Cc1ccc(Oc2ccc(C(=O)O)cc2)cc1)NC(=O)c1ccc(F)cc1F. The van der Waals surface area contributed by atoms with Gasteiger partial charge in [0.1, 0.15) is 29.0 Å². The van der Waals surface area contributed by atoms with E-state index in [2.05, 4.69) is 12.2 Å². The van der Waals surface area contributed by atoms with Crippen LogP contribution in [0.5, 0.6) is 11.5 Å². The lowest BCUT2D eigenvalue weighted by atomic mass is 10.0. The standard InChI is InChI=1S/C35H29Cl2F2N3O4/c1-2-3-16-42-20-32(27-14-8-23(36)18-29(27)37)40-33(42)31(41-34(43)28-15-9-24(38)19-30(28)39)17-21-4-10-25(11-5-21)46-26-12-6-22(7-13-26)35(44)45/h4-15,18-20,31H,2-3,16-17H2,1H3,(H,41,43)(H,44,45)/t31-/m0/s1. The molecule has 1 aromatic heterocycles. The zero-order valence-corrected chi connectivity index (χ0v) is 26.2. The first kappa shape index (κ1) is 32.7. The topological polar surface area (TPSA) is 93.5 Å². The molecule has 46 heavy (non-hydrogen) atoms. The van der Waals surface area contributed by atoms with Gasteiger partial charge in [0.05, 0.1) is 27.9 Å². The molecule has 0 saturated carbocycles. The Balaban J connectivity index is 1.47. The molecule has 0 fully saturated rings. The molecule has 5 aromatic rings. The lowest BCUT2D eigenvalue weighted by Crippen LogP contribution is -2.32. The van der Waals surface area contributed by atoms with Crippen LogP contribution in [0.3, 0.4) is 0 Å². The molecule has 1 heterocycles. The van der Waals surface area contributed by atoms with Crippen molar-refractivity contribution in [1.82, 2.24) is 14.9 Å². The number of unbranched alkanes of at least 4 members (excludes halogenated alkanes) is 1. The van der Waals surface area contributed by atoms with Crippen LogP contribution < -0.4 is 10.1 Å². The highest BCUT2D eigenvalue weighted by atomic mass is 35.5. The van der Waals surface area contributed by atoms with Gasteiger partial charge in [0.25, 0.3) is 5.91 Å². The third-order valence-electron chi connectivity index (χ3n) is 7.26. The van der Waals surface area contributed by atoms with E-state index in [0.717, 1.165) is 30.5 Å². The highest BCUT2D eigenvalue weighted by Crippen LogP contribution is 2.32. The first-order valence-electron chi connectivity index (χ1n) is 14.5. The van der Waals surface area contributed by atoms with Crippen molar-refractivity contribution in [2.75, 3.05) is 0 Å². The maximum absolute atomic E-state index is 14.6. The molecule has 0 spiro atoms. The average Bonchev–Trinajstić information content (AvgIpc) is 3.44. The van der Waals surface area contributed by atoms with Crippen molar-refractivity contribution in [3.63, 3.8) is 0 Å². The molecule has 1 atom stereocenters. The fourth-order valence-corrected chi connectivity index (χ4v) is 5.40. The minimum absolute atomic E-state index is 0.148. The number of benzene rings is 4. The van der Waals surface area contributed by atoms with Gasteiger partial charge in [-0.05, 0) is 85.1 Å². The van der Waals surface area contributed by atoms with E-state index in [9.17, 15) is 18.4 Å². The van der Waals surface area contributed by atoms with Gasteiger partial charge in [0.15, 0.2) is 0 Å². The Morgan fingerprint density at radius 1 is 0.957 bits per heavy atom. The molecule has 1 amide bonds. The molecule has 0 aliphatic heterocycles. The number of aromatic carboxylic acids is 1. The molecule has 7 nitrogen and oxygen atoms in total. The predicted molar refractivity (Wildman–Crippen MR) is 173 cm³/mol. The van der Waals surface area contributed by atoms with E-state index < -0.39 is 29.6 Å². The number of carbonyl (C=O) groups excluding carboxylic acids is 1. The van der Waals surface area contributed by atoms with E-state index >= 15 is 0 Å². The zero-order chi connectivity index (χ0) is 32.8. The van der Waals surface area contributed by atoms with Crippen LogP contribution in [-0.2, 0) is 13.0 Å². The van der Waals surface area contributed by atoms with Crippen molar-refractivity contribution in [3.05, 3.63) is 135 Å². The van der Waals surface area contributed by atoms with Crippen LogP contribution in [0, 0.1) is 11.6 Å². The maximum atomic E-state index is 14.6. The van der Waals surface area contributed by atoms with Gasteiger partial charge < -0.3 is 19.7 Å². The number of halogens is 4. The number of nitrogens with zero attached hydrogens (tertiary/aromatic N) is 2. The molecule has 0 unspecified atom stereocenters. The first-order chi connectivity index (χ1) is 22.1. The summed E-state index contributed by atoms with van der Waals surface area (Å²) >= 11 is 12.6. The number of aromatic nitrogens is 2. The lowest BCUT2D eigenvalue weighted by molar-refractivity contribution is 0.0696. The lowest BCUT2D eigenvalue weighted by Gasteiger charge is -2.20. The molecule has 2 N–H and O–H groups in total. The van der Waals surface area contributed by atoms with Crippen LogP contribution in [0.25, 0.3) is 11.3 Å². The monoisotopic (exact) mass is 663 g/mol. The molecule has 0 radical (unpaired) electrons. The summed E-state index contributed by atoms with van der Waals surface area (Å²) in [5, 5.41) is 12.9. The fourth-order valence-electron chi connectivity index (χ4n) is 4.89. The van der Waals surface area contributed by atoms with Gasteiger partial charge in [0, 0.05) is 29.4 Å². The molecule has 5 rings (SSSR count). The van der Waals surface area contributed by atoms with E-state index in [-0.39, 0.29) is 17.5 Å². The van der Waals surface area contributed by atoms with E-state index in [1.54, 1.807) is 42.5 Å². The van der Waals surface area contributed by atoms with Gasteiger partial charge >= 0.3 is 5.97 Å². The number of ether oxygens (including phenoxy) is 1. The maximum Gasteiger partial charge on any atom is 0.335 e.